The van der Waals surface area contributed by atoms with Gasteiger partial charge in [0.05, 0.1) is 17.1 Å². The van der Waals surface area contributed by atoms with E-state index in [0.29, 0.717) is 6.42 Å². The summed E-state index contributed by atoms with van der Waals surface area (Å²) in [5, 5.41) is 13.9. The van der Waals surface area contributed by atoms with Crippen molar-refractivity contribution in [1.82, 2.24) is 14.8 Å². The van der Waals surface area contributed by atoms with E-state index < -0.39 is 0 Å². The van der Waals surface area contributed by atoms with Crippen LogP contribution in [0.25, 0.3) is 16.9 Å². The van der Waals surface area contributed by atoms with E-state index in [1.807, 2.05) is 23.0 Å². The van der Waals surface area contributed by atoms with Crippen LogP contribution < -0.4 is 0 Å². The number of nitrogens with zero attached hydrogens (tertiary/aromatic N) is 3. The van der Waals surface area contributed by atoms with E-state index in [2.05, 4.69) is 56.1 Å². The molecule has 0 fully saturated rings. The smallest absolute Gasteiger partial charge is 0.0759 e. The Morgan fingerprint density at radius 1 is 1.08 bits per heavy atom. The Bertz CT molecular complexity index is 815. The second-order valence-corrected chi connectivity index (χ2v) is 7.30. The molecule has 25 heavy (non-hydrogen) atoms. The van der Waals surface area contributed by atoms with E-state index in [-0.39, 0.29) is 12.0 Å². The highest BCUT2D eigenvalue weighted by molar-refractivity contribution is 5.61. The van der Waals surface area contributed by atoms with Gasteiger partial charge in [0, 0.05) is 24.6 Å². The van der Waals surface area contributed by atoms with Gasteiger partial charge >= 0.3 is 0 Å². The third-order valence-corrected chi connectivity index (χ3v) is 4.29. The lowest BCUT2D eigenvalue weighted by Gasteiger charge is -2.19. The summed E-state index contributed by atoms with van der Waals surface area (Å²) < 4.78 is 1.97. The number of hydrogen-bond acceptors (Lipinski definition) is 3. The van der Waals surface area contributed by atoms with Gasteiger partial charge in [0.2, 0.25) is 0 Å². The summed E-state index contributed by atoms with van der Waals surface area (Å²) in [4.78, 5) is 4.23. The van der Waals surface area contributed by atoms with E-state index in [0.717, 1.165) is 29.1 Å². The summed E-state index contributed by atoms with van der Waals surface area (Å²) in [6.45, 7) is 6.81. The number of benzene rings is 1. The molecule has 0 saturated heterocycles. The first-order chi connectivity index (χ1) is 12.0. The minimum absolute atomic E-state index is 0.126. The quantitative estimate of drug-likeness (QED) is 0.762. The zero-order chi connectivity index (χ0) is 17.9. The van der Waals surface area contributed by atoms with Crippen molar-refractivity contribution in [1.29, 1.82) is 0 Å². The summed E-state index contributed by atoms with van der Waals surface area (Å²) >= 11 is 0. The molecule has 4 heteroatoms. The Hall–Kier alpha value is -2.46. The molecule has 1 N–H and O–H groups in total. The number of aliphatic hydroxyl groups is 1. The average Bonchev–Trinajstić information content (AvgIpc) is 3.04. The molecule has 0 radical (unpaired) electrons. The maximum Gasteiger partial charge on any atom is 0.0759 e. The van der Waals surface area contributed by atoms with Crippen LogP contribution in [-0.2, 0) is 11.8 Å². The van der Waals surface area contributed by atoms with Gasteiger partial charge in [-0.2, -0.15) is 5.10 Å². The van der Waals surface area contributed by atoms with Crippen molar-refractivity contribution >= 4 is 0 Å². The van der Waals surface area contributed by atoms with E-state index >= 15 is 0 Å². The molecule has 1 aromatic carbocycles. The highest BCUT2D eigenvalue weighted by Crippen LogP contribution is 2.27. The van der Waals surface area contributed by atoms with Crippen LogP contribution in [0.2, 0.25) is 0 Å². The van der Waals surface area contributed by atoms with Crippen LogP contribution >= 0.6 is 0 Å². The van der Waals surface area contributed by atoms with Crippen LogP contribution in [0.1, 0.15) is 38.4 Å². The van der Waals surface area contributed by atoms with Crippen molar-refractivity contribution in [3.8, 4) is 16.9 Å². The van der Waals surface area contributed by atoms with E-state index in [1.165, 1.54) is 5.56 Å². The Morgan fingerprint density at radius 2 is 1.84 bits per heavy atom. The standard InChI is InChI=1S/C21H25N3O/c1-21(2,3)17-8-10-19(11-9-17)24-20(16-6-4-12-22-15-16)14-18(23-24)7-5-13-25/h4,6,8-12,14-15,25H,5,7,13H2,1-3H3. The second kappa shape index (κ2) is 7.19. The molecule has 0 aliphatic rings. The van der Waals surface area contributed by atoms with Gasteiger partial charge in [-0.05, 0) is 54.2 Å². The summed E-state index contributed by atoms with van der Waals surface area (Å²) in [5.41, 5.74) is 5.48. The number of aromatic nitrogens is 3. The fourth-order valence-corrected chi connectivity index (χ4v) is 2.83. The molecule has 0 saturated carbocycles. The van der Waals surface area contributed by atoms with Gasteiger partial charge < -0.3 is 5.11 Å². The third-order valence-electron chi connectivity index (χ3n) is 4.29. The molecule has 0 bridgehead atoms. The zero-order valence-corrected chi connectivity index (χ0v) is 15.1. The molecule has 4 nitrogen and oxygen atoms in total. The lowest BCUT2D eigenvalue weighted by molar-refractivity contribution is 0.288. The van der Waals surface area contributed by atoms with Gasteiger partial charge in [0.25, 0.3) is 0 Å². The first-order valence-corrected chi connectivity index (χ1v) is 8.70. The van der Waals surface area contributed by atoms with Crippen LogP contribution in [0.5, 0.6) is 0 Å². The molecule has 0 amide bonds. The fourth-order valence-electron chi connectivity index (χ4n) is 2.83. The van der Waals surface area contributed by atoms with Gasteiger partial charge in [0.1, 0.15) is 0 Å². The van der Waals surface area contributed by atoms with Gasteiger partial charge in [-0.1, -0.05) is 32.9 Å². The number of rotatable bonds is 5. The Labute approximate surface area is 149 Å². The largest absolute Gasteiger partial charge is 0.396 e. The second-order valence-electron chi connectivity index (χ2n) is 7.30. The van der Waals surface area contributed by atoms with E-state index in [1.54, 1.807) is 6.20 Å². The first kappa shape index (κ1) is 17.4. The molecule has 130 valence electrons. The predicted molar refractivity (Wildman–Crippen MR) is 101 cm³/mol. The predicted octanol–water partition coefficient (Wildman–Crippen LogP) is 4.16. The lowest BCUT2D eigenvalue weighted by atomic mass is 9.87. The molecule has 0 spiro atoms. The van der Waals surface area contributed by atoms with Crippen LogP contribution in [0.3, 0.4) is 0 Å². The molecule has 0 aliphatic carbocycles. The molecule has 3 aromatic rings. The summed E-state index contributed by atoms with van der Waals surface area (Å²) in [5.74, 6) is 0. The highest BCUT2D eigenvalue weighted by atomic mass is 16.2. The van der Waals surface area contributed by atoms with Gasteiger partial charge in [-0.25, -0.2) is 4.68 Å². The molecule has 2 aromatic heterocycles. The number of pyridine rings is 1. The zero-order valence-electron chi connectivity index (χ0n) is 15.1. The minimum Gasteiger partial charge on any atom is -0.396 e. The highest BCUT2D eigenvalue weighted by Gasteiger charge is 2.15. The maximum atomic E-state index is 9.10. The van der Waals surface area contributed by atoms with Crippen molar-refractivity contribution < 1.29 is 5.11 Å². The van der Waals surface area contributed by atoms with Crippen molar-refractivity contribution in [2.75, 3.05) is 6.61 Å². The van der Waals surface area contributed by atoms with E-state index in [4.69, 9.17) is 10.2 Å². The monoisotopic (exact) mass is 335 g/mol. The van der Waals surface area contributed by atoms with Crippen molar-refractivity contribution in [3.05, 3.63) is 66.1 Å². The number of aliphatic hydroxyl groups excluding tert-OH is 1. The van der Waals surface area contributed by atoms with Crippen molar-refractivity contribution in [3.63, 3.8) is 0 Å². The molecular weight excluding hydrogens is 310 g/mol. The average molecular weight is 335 g/mol. The van der Waals surface area contributed by atoms with Crippen LogP contribution in [0, 0.1) is 0 Å². The topological polar surface area (TPSA) is 50.9 Å². The summed E-state index contributed by atoms with van der Waals surface area (Å²) in [6, 6.07) is 14.6. The first-order valence-electron chi connectivity index (χ1n) is 8.70. The van der Waals surface area contributed by atoms with Crippen LogP contribution in [-0.4, -0.2) is 26.5 Å². The molecular formula is C21H25N3O. The fraction of sp³-hybridized carbons (Fsp3) is 0.333. The summed E-state index contributed by atoms with van der Waals surface area (Å²) in [6.07, 6.45) is 5.10. The van der Waals surface area contributed by atoms with Crippen LogP contribution in [0.4, 0.5) is 0 Å². The Kier molecular flexibility index (Phi) is 5.00. The van der Waals surface area contributed by atoms with Gasteiger partial charge in [-0.3, -0.25) is 4.98 Å². The van der Waals surface area contributed by atoms with Crippen molar-refractivity contribution in [2.24, 2.45) is 0 Å². The molecule has 3 rings (SSSR count). The van der Waals surface area contributed by atoms with Crippen LogP contribution in [0.15, 0.2) is 54.9 Å². The Balaban J connectivity index is 2.03. The molecule has 2 heterocycles. The van der Waals surface area contributed by atoms with Gasteiger partial charge in [-0.15, -0.1) is 0 Å². The Morgan fingerprint density at radius 3 is 2.44 bits per heavy atom. The lowest BCUT2D eigenvalue weighted by Crippen LogP contribution is -2.11. The minimum atomic E-state index is 0.126. The molecule has 0 aliphatic heterocycles. The van der Waals surface area contributed by atoms with Gasteiger partial charge in [0.15, 0.2) is 0 Å². The molecule has 0 unspecified atom stereocenters. The third kappa shape index (κ3) is 3.97. The number of hydrogen-bond donors (Lipinski definition) is 1. The molecule has 0 atom stereocenters. The van der Waals surface area contributed by atoms with Crippen molar-refractivity contribution in [2.45, 2.75) is 39.0 Å². The number of aryl methyl sites for hydroxylation is 1. The maximum absolute atomic E-state index is 9.10. The SMILES string of the molecule is CC(C)(C)c1ccc(-n2nc(CCCO)cc2-c2cccnc2)cc1. The van der Waals surface area contributed by atoms with E-state index in [9.17, 15) is 0 Å². The summed E-state index contributed by atoms with van der Waals surface area (Å²) in [7, 11) is 0. The normalized spacial score (nSPS) is 11.7.